The first-order valence-electron chi connectivity index (χ1n) is 7.33. The van der Waals surface area contributed by atoms with Crippen molar-refractivity contribution in [3.05, 3.63) is 55.9 Å². The van der Waals surface area contributed by atoms with Crippen LogP contribution in [-0.2, 0) is 4.79 Å². The third-order valence-electron chi connectivity index (χ3n) is 3.33. The number of aromatic nitrogens is 1. The summed E-state index contributed by atoms with van der Waals surface area (Å²) in [5.74, 6) is 0.0896. The van der Waals surface area contributed by atoms with Crippen molar-refractivity contribution in [2.24, 2.45) is 0 Å². The van der Waals surface area contributed by atoms with Gasteiger partial charge in [0.1, 0.15) is 0 Å². The molecule has 4 nitrogen and oxygen atoms in total. The summed E-state index contributed by atoms with van der Waals surface area (Å²) < 4.78 is 3.18. The molecular weight excluding hydrogens is 522 g/mol. The maximum atomic E-state index is 12.3. The van der Waals surface area contributed by atoms with Crippen LogP contribution in [0.3, 0.4) is 0 Å². The molecule has 1 amide bonds. The number of para-hydroxylation sites is 2. The first-order valence-corrected chi connectivity index (χ1v) is 11.1. The van der Waals surface area contributed by atoms with Gasteiger partial charge in [-0.3, -0.25) is 4.79 Å². The third kappa shape index (κ3) is 4.80. The number of carbonyl (C=O) groups is 1. The van der Waals surface area contributed by atoms with Crippen LogP contribution in [-0.4, -0.2) is 16.6 Å². The minimum atomic E-state index is -0.141. The lowest BCUT2D eigenvalue weighted by molar-refractivity contribution is -0.113. The number of benzene rings is 2. The molecule has 0 radical (unpaired) electrons. The van der Waals surface area contributed by atoms with E-state index in [1.807, 2.05) is 30.3 Å². The summed E-state index contributed by atoms with van der Waals surface area (Å²) in [7, 11) is 0. The van der Waals surface area contributed by atoms with Crippen LogP contribution in [0.4, 0.5) is 11.4 Å². The van der Waals surface area contributed by atoms with E-state index < -0.39 is 0 Å². The maximum absolute atomic E-state index is 12.3. The van der Waals surface area contributed by atoms with E-state index in [0.717, 1.165) is 24.4 Å². The predicted molar refractivity (Wildman–Crippen MR) is 118 cm³/mol. The fraction of sp³-hybridized carbons (Fsp3) is 0.0588. The van der Waals surface area contributed by atoms with Gasteiger partial charge in [0, 0.05) is 14.5 Å². The molecule has 0 saturated carbocycles. The second kappa shape index (κ2) is 8.75. The number of hydrogen-bond donors (Lipinski definition) is 2. The predicted octanol–water partition coefficient (Wildman–Crippen LogP) is 6.30. The van der Waals surface area contributed by atoms with Gasteiger partial charge in [-0.25, -0.2) is 4.98 Å². The van der Waals surface area contributed by atoms with E-state index in [4.69, 9.17) is 17.3 Å². The number of nitrogens with two attached hydrogens (primary N) is 1. The lowest BCUT2D eigenvalue weighted by Gasteiger charge is -2.08. The highest BCUT2D eigenvalue weighted by atomic mass is 79.9. The van der Waals surface area contributed by atoms with E-state index in [2.05, 4.69) is 42.2 Å². The van der Waals surface area contributed by atoms with E-state index >= 15 is 0 Å². The number of thiazole rings is 1. The highest BCUT2D eigenvalue weighted by Gasteiger charge is 2.17. The Hall–Kier alpha value is -1.06. The Morgan fingerprint density at radius 1 is 1.27 bits per heavy atom. The quantitative estimate of drug-likeness (QED) is 0.298. The number of nitrogens with zero attached hydrogens (tertiary/aromatic N) is 1. The standard InChI is InChI=1S/C17H12Br2ClN3OS2/c18-9-5-6-10(11(19)7-9)15-16(26-17(20)23-15)25-8-14(24)22-13-4-2-1-3-12(13)21/h1-7H,8,21H2,(H,22,24). The minimum absolute atomic E-state index is 0.141. The maximum Gasteiger partial charge on any atom is 0.234 e. The average molecular weight is 534 g/mol. The van der Waals surface area contributed by atoms with Crippen LogP contribution < -0.4 is 11.1 Å². The van der Waals surface area contributed by atoms with Gasteiger partial charge in [0.25, 0.3) is 0 Å². The molecule has 3 aromatic rings. The molecule has 26 heavy (non-hydrogen) atoms. The zero-order valence-corrected chi connectivity index (χ0v) is 18.7. The molecule has 0 spiro atoms. The van der Waals surface area contributed by atoms with E-state index in [-0.39, 0.29) is 11.7 Å². The number of amides is 1. The normalized spacial score (nSPS) is 10.7. The Morgan fingerprint density at radius 3 is 2.77 bits per heavy atom. The van der Waals surface area contributed by atoms with Crippen molar-refractivity contribution < 1.29 is 4.79 Å². The molecule has 1 aromatic heterocycles. The second-order valence-corrected chi connectivity index (χ2v) is 9.75. The summed E-state index contributed by atoms with van der Waals surface area (Å²) in [4.78, 5) is 16.7. The van der Waals surface area contributed by atoms with Crippen molar-refractivity contribution in [3.63, 3.8) is 0 Å². The van der Waals surface area contributed by atoms with Crippen LogP contribution in [0.25, 0.3) is 11.3 Å². The average Bonchev–Trinajstić information content (AvgIpc) is 2.95. The SMILES string of the molecule is Nc1ccccc1NC(=O)CSc1sc(Cl)nc1-c1ccc(Br)cc1Br. The molecule has 0 unspecified atom stereocenters. The summed E-state index contributed by atoms with van der Waals surface area (Å²) >= 11 is 15.9. The summed E-state index contributed by atoms with van der Waals surface area (Å²) in [6.07, 6.45) is 0. The van der Waals surface area contributed by atoms with E-state index in [0.29, 0.717) is 15.8 Å². The van der Waals surface area contributed by atoms with Gasteiger partial charge in [0.2, 0.25) is 5.91 Å². The molecule has 9 heteroatoms. The molecule has 0 aliphatic heterocycles. The van der Waals surface area contributed by atoms with Crippen molar-refractivity contribution in [1.82, 2.24) is 4.98 Å². The van der Waals surface area contributed by atoms with Crippen molar-refractivity contribution in [1.29, 1.82) is 0 Å². The minimum Gasteiger partial charge on any atom is -0.397 e. The van der Waals surface area contributed by atoms with Crippen molar-refractivity contribution in [3.8, 4) is 11.3 Å². The number of thioether (sulfide) groups is 1. The van der Waals surface area contributed by atoms with Gasteiger partial charge in [-0.2, -0.15) is 0 Å². The molecular formula is C17H12Br2ClN3OS2. The van der Waals surface area contributed by atoms with Crippen molar-refractivity contribution in [2.45, 2.75) is 4.21 Å². The number of carbonyl (C=O) groups excluding carboxylic acids is 1. The Balaban J connectivity index is 1.74. The number of anilines is 2. The van der Waals surface area contributed by atoms with Gasteiger partial charge in [-0.05, 0) is 24.3 Å². The Morgan fingerprint density at radius 2 is 2.04 bits per heavy atom. The lowest BCUT2D eigenvalue weighted by Crippen LogP contribution is -2.15. The summed E-state index contributed by atoms with van der Waals surface area (Å²) in [5, 5.41) is 2.82. The zero-order chi connectivity index (χ0) is 18.7. The van der Waals surface area contributed by atoms with Crippen LogP contribution in [0.5, 0.6) is 0 Å². The van der Waals surface area contributed by atoms with Gasteiger partial charge in [0.05, 0.1) is 27.0 Å². The van der Waals surface area contributed by atoms with Crippen LogP contribution in [0.15, 0.2) is 55.6 Å². The highest BCUT2D eigenvalue weighted by molar-refractivity contribution is 9.11. The molecule has 2 aromatic carbocycles. The van der Waals surface area contributed by atoms with Gasteiger partial charge >= 0.3 is 0 Å². The third-order valence-corrected chi connectivity index (χ3v) is 6.89. The molecule has 0 atom stereocenters. The Bertz CT molecular complexity index is 965. The molecule has 1 heterocycles. The largest absolute Gasteiger partial charge is 0.397 e. The summed E-state index contributed by atoms with van der Waals surface area (Å²) in [5.41, 5.74) is 8.68. The van der Waals surface area contributed by atoms with E-state index in [9.17, 15) is 4.79 Å². The molecule has 0 fully saturated rings. The molecule has 0 aliphatic rings. The van der Waals surface area contributed by atoms with Crippen molar-refractivity contribution in [2.75, 3.05) is 16.8 Å². The van der Waals surface area contributed by atoms with E-state index in [1.165, 1.54) is 23.1 Å². The number of rotatable bonds is 5. The van der Waals surface area contributed by atoms with Gasteiger partial charge in [-0.1, -0.05) is 73.0 Å². The highest BCUT2D eigenvalue weighted by Crippen LogP contribution is 2.41. The molecule has 0 saturated heterocycles. The molecule has 0 aliphatic carbocycles. The first kappa shape index (κ1) is 19.7. The van der Waals surface area contributed by atoms with Crippen LogP contribution >= 0.6 is 66.6 Å². The van der Waals surface area contributed by atoms with Gasteiger partial charge in [-0.15, -0.1) is 11.8 Å². The van der Waals surface area contributed by atoms with Crippen LogP contribution in [0.2, 0.25) is 4.47 Å². The lowest BCUT2D eigenvalue weighted by atomic mass is 10.2. The Kier molecular flexibility index (Phi) is 6.63. The summed E-state index contributed by atoms with van der Waals surface area (Å²) in [6, 6.07) is 13.0. The number of nitrogens with one attached hydrogen (secondary N) is 1. The molecule has 3 N–H and O–H groups in total. The fourth-order valence-electron chi connectivity index (χ4n) is 2.16. The molecule has 134 valence electrons. The number of nitrogen functional groups attached to an aromatic ring is 1. The Labute approximate surface area is 180 Å². The summed E-state index contributed by atoms with van der Waals surface area (Å²) in [6.45, 7) is 0. The number of hydrogen-bond acceptors (Lipinski definition) is 5. The monoisotopic (exact) mass is 531 g/mol. The topological polar surface area (TPSA) is 68.0 Å². The van der Waals surface area contributed by atoms with Crippen molar-refractivity contribution >= 4 is 83.8 Å². The van der Waals surface area contributed by atoms with Gasteiger partial charge in [0.15, 0.2) is 4.47 Å². The van der Waals surface area contributed by atoms with E-state index in [1.54, 1.807) is 12.1 Å². The van der Waals surface area contributed by atoms with Gasteiger partial charge < -0.3 is 11.1 Å². The fourth-order valence-corrected chi connectivity index (χ4v) is 5.67. The van der Waals surface area contributed by atoms with Crippen LogP contribution in [0.1, 0.15) is 0 Å². The molecule has 0 bridgehead atoms. The molecule has 3 rings (SSSR count). The number of halogens is 3. The van der Waals surface area contributed by atoms with Crippen LogP contribution in [0, 0.1) is 0 Å². The first-order chi connectivity index (χ1) is 12.4. The smallest absolute Gasteiger partial charge is 0.234 e. The zero-order valence-electron chi connectivity index (χ0n) is 13.1. The second-order valence-electron chi connectivity index (χ2n) is 5.15.